The molecule has 3 aliphatic rings. The summed E-state index contributed by atoms with van der Waals surface area (Å²) in [6.07, 6.45) is 4.42. The molecule has 0 aromatic heterocycles. The topological polar surface area (TPSA) is 46.6 Å². The molecule has 0 atom stereocenters. The van der Waals surface area contributed by atoms with Crippen LogP contribution in [0.5, 0.6) is 5.75 Å². The third kappa shape index (κ3) is 3.88. The third-order valence-electron chi connectivity index (χ3n) is 6.76. The smallest absolute Gasteiger partial charge is 0.162 e. The average molecular weight is 420 g/mol. The molecular formula is C27H33NO3. The van der Waals surface area contributed by atoms with E-state index in [0.29, 0.717) is 19.4 Å². The summed E-state index contributed by atoms with van der Waals surface area (Å²) in [5.41, 5.74) is 4.62. The maximum Gasteiger partial charge on any atom is 0.162 e. The van der Waals surface area contributed by atoms with E-state index in [1.165, 1.54) is 0 Å². The highest BCUT2D eigenvalue weighted by atomic mass is 16.5. The van der Waals surface area contributed by atoms with Crippen LogP contribution in [0.3, 0.4) is 0 Å². The van der Waals surface area contributed by atoms with Gasteiger partial charge in [0.2, 0.25) is 0 Å². The lowest BCUT2D eigenvalue weighted by Gasteiger charge is -2.47. The van der Waals surface area contributed by atoms with Crippen LogP contribution in [0.2, 0.25) is 0 Å². The van der Waals surface area contributed by atoms with Gasteiger partial charge in [0, 0.05) is 48.3 Å². The van der Waals surface area contributed by atoms with Gasteiger partial charge in [-0.25, -0.2) is 0 Å². The first kappa shape index (κ1) is 21.6. The Morgan fingerprint density at radius 2 is 1.42 bits per heavy atom. The van der Waals surface area contributed by atoms with Crippen molar-refractivity contribution < 1.29 is 14.3 Å². The van der Waals surface area contributed by atoms with Gasteiger partial charge < -0.3 is 9.64 Å². The largest absolute Gasteiger partial charge is 0.490 e. The van der Waals surface area contributed by atoms with E-state index < -0.39 is 0 Å². The fraction of sp³-hybridized carbons (Fsp3) is 0.481. The zero-order valence-corrected chi connectivity index (χ0v) is 19.4. The second-order valence-corrected chi connectivity index (χ2v) is 10.8. The number of Topliss-reactive ketones (excluding diaryl/α,β-unsaturated/α-hetero) is 2. The first-order valence-electron chi connectivity index (χ1n) is 11.1. The SMILES string of the molecule is C=CCOc1ccc(C2C3=C(CC(C)(C)CC3=O)N(C)C3=C2C(=O)CC(C)(C)C3)cc1. The molecule has 0 saturated carbocycles. The lowest BCUT2D eigenvalue weighted by atomic mass is 9.64. The maximum atomic E-state index is 13.4. The molecule has 4 nitrogen and oxygen atoms in total. The molecule has 0 unspecified atom stereocenters. The van der Waals surface area contributed by atoms with Crippen molar-refractivity contribution >= 4 is 11.6 Å². The monoisotopic (exact) mass is 419 g/mol. The molecule has 1 heterocycles. The summed E-state index contributed by atoms with van der Waals surface area (Å²) < 4.78 is 5.64. The molecule has 164 valence electrons. The fourth-order valence-electron chi connectivity index (χ4n) is 5.41. The number of rotatable bonds is 4. The van der Waals surface area contributed by atoms with Gasteiger partial charge in [0.15, 0.2) is 11.6 Å². The molecule has 1 aliphatic heterocycles. The molecule has 0 amide bonds. The van der Waals surface area contributed by atoms with Crippen LogP contribution in [0.1, 0.15) is 64.9 Å². The number of hydrogen-bond donors (Lipinski definition) is 0. The highest BCUT2D eigenvalue weighted by molar-refractivity contribution is 6.06. The molecule has 31 heavy (non-hydrogen) atoms. The van der Waals surface area contributed by atoms with Crippen LogP contribution in [-0.4, -0.2) is 30.1 Å². The predicted molar refractivity (Wildman–Crippen MR) is 123 cm³/mol. The van der Waals surface area contributed by atoms with Gasteiger partial charge in [0.05, 0.1) is 0 Å². The number of nitrogens with zero attached hydrogens (tertiary/aromatic N) is 1. The Bertz CT molecular complexity index is 953. The second-order valence-electron chi connectivity index (χ2n) is 10.8. The molecule has 1 aromatic carbocycles. The lowest BCUT2D eigenvalue weighted by molar-refractivity contribution is -0.119. The number of carbonyl (C=O) groups excluding carboxylic acids is 2. The average Bonchev–Trinajstić information content (AvgIpc) is 2.67. The zero-order chi connectivity index (χ0) is 22.6. The molecule has 0 N–H and O–H groups in total. The van der Waals surface area contributed by atoms with E-state index in [1.54, 1.807) is 6.08 Å². The molecule has 2 aliphatic carbocycles. The van der Waals surface area contributed by atoms with Crippen LogP contribution in [-0.2, 0) is 9.59 Å². The molecule has 1 aromatic rings. The van der Waals surface area contributed by atoms with Gasteiger partial charge in [0.1, 0.15) is 12.4 Å². The summed E-state index contributed by atoms with van der Waals surface area (Å²) in [6, 6.07) is 7.85. The number of ketones is 2. The van der Waals surface area contributed by atoms with Crippen molar-refractivity contribution in [1.29, 1.82) is 0 Å². The minimum atomic E-state index is -0.290. The van der Waals surface area contributed by atoms with Gasteiger partial charge in [-0.05, 0) is 41.4 Å². The fourth-order valence-corrected chi connectivity index (χ4v) is 5.41. The standard InChI is InChI=1S/C27H33NO3/c1-7-12-31-18-10-8-17(9-11-18)23-24-19(13-26(2,3)15-21(24)29)28(6)20-14-27(4,5)16-22(30)25(20)23/h7-11,23H,1,12-16H2,2-6H3. The molecule has 0 bridgehead atoms. The first-order chi connectivity index (χ1) is 14.5. The number of ether oxygens (including phenoxy) is 1. The minimum absolute atomic E-state index is 0.0800. The van der Waals surface area contributed by atoms with Crippen LogP contribution in [0.15, 0.2) is 59.5 Å². The Labute approximate surface area is 185 Å². The van der Waals surface area contributed by atoms with Crippen molar-refractivity contribution in [1.82, 2.24) is 4.90 Å². The molecule has 4 rings (SSSR count). The van der Waals surface area contributed by atoms with Gasteiger partial charge in [-0.15, -0.1) is 0 Å². The number of hydrogen-bond acceptors (Lipinski definition) is 4. The summed E-state index contributed by atoms with van der Waals surface area (Å²) in [6.45, 7) is 12.8. The summed E-state index contributed by atoms with van der Waals surface area (Å²) in [5.74, 6) is 0.799. The van der Waals surface area contributed by atoms with Gasteiger partial charge in [-0.2, -0.15) is 0 Å². The zero-order valence-electron chi connectivity index (χ0n) is 19.4. The Morgan fingerprint density at radius 3 is 1.87 bits per heavy atom. The van der Waals surface area contributed by atoms with Gasteiger partial charge in [-0.1, -0.05) is 52.5 Å². The highest BCUT2D eigenvalue weighted by Crippen LogP contribution is 2.53. The summed E-state index contributed by atoms with van der Waals surface area (Å²) in [5, 5.41) is 0. The van der Waals surface area contributed by atoms with E-state index in [0.717, 1.165) is 46.7 Å². The molecule has 0 saturated heterocycles. The van der Waals surface area contributed by atoms with E-state index in [2.05, 4.69) is 39.2 Å². The van der Waals surface area contributed by atoms with Crippen LogP contribution < -0.4 is 4.74 Å². The summed E-state index contributed by atoms with van der Waals surface area (Å²) in [7, 11) is 2.04. The second kappa shape index (κ2) is 7.51. The summed E-state index contributed by atoms with van der Waals surface area (Å²) in [4.78, 5) is 29.0. The van der Waals surface area contributed by atoms with Gasteiger partial charge >= 0.3 is 0 Å². The van der Waals surface area contributed by atoms with E-state index in [9.17, 15) is 9.59 Å². The molecular weight excluding hydrogens is 386 g/mol. The Kier molecular flexibility index (Phi) is 5.23. The van der Waals surface area contributed by atoms with Gasteiger partial charge in [0.25, 0.3) is 0 Å². The number of benzene rings is 1. The Hall–Kier alpha value is -2.62. The van der Waals surface area contributed by atoms with Gasteiger partial charge in [-0.3, -0.25) is 9.59 Å². The minimum Gasteiger partial charge on any atom is -0.490 e. The quantitative estimate of drug-likeness (QED) is 0.599. The number of carbonyl (C=O) groups is 2. The normalized spacial score (nSPS) is 22.9. The third-order valence-corrected chi connectivity index (χ3v) is 6.76. The molecule has 0 spiro atoms. The van der Waals surface area contributed by atoms with Crippen molar-refractivity contribution in [3.8, 4) is 5.75 Å². The van der Waals surface area contributed by atoms with Crippen LogP contribution in [0, 0.1) is 10.8 Å². The van der Waals surface area contributed by atoms with Crippen molar-refractivity contribution in [2.75, 3.05) is 13.7 Å². The molecule has 0 fully saturated rings. The van der Waals surface area contributed by atoms with E-state index >= 15 is 0 Å². The van der Waals surface area contributed by atoms with Crippen molar-refractivity contribution in [3.63, 3.8) is 0 Å². The Morgan fingerprint density at radius 1 is 0.935 bits per heavy atom. The van der Waals surface area contributed by atoms with Crippen molar-refractivity contribution in [2.24, 2.45) is 10.8 Å². The van der Waals surface area contributed by atoms with Crippen LogP contribution in [0.25, 0.3) is 0 Å². The summed E-state index contributed by atoms with van der Waals surface area (Å²) >= 11 is 0. The first-order valence-corrected chi connectivity index (χ1v) is 11.1. The highest BCUT2D eigenvalue weighted by Gasteiger charge is 2.48. The van der Waals surface area contributed by atoms with E-state index in [4.69, 9.17) is 4.74 Å². The van der Waals surface area contributed by atoms with Crippen molar-refractivity contribution in [3.05, 3.63) is 65.0 Å². The van der Waals surface area contributed by atoms with E-state index in [1.807, 2.05) is 31.3 Å². The van der Waals surface area contributed by atoms with E-state index in [-0.39, 0.29) is 28.3 Å². The van der Waals surface area contributed by atoms with Crippen LogP contribution >= 0.6 is 0 Å². The maximum absolute atomic E-state index is 13.4. The lowest BCUT2D eigenvalue weighted by Crippen LogP contribution is -2.43. The molecule has 0 radical (unpaired) electrons. The number of allylic oxidation sites excluding steroid dienone is 4. The predicted octanol–water partition coefficient (Wildman–Crippen LogP) is 5.57. The Balaban J connectivity index is 1.87. The van der Waals surface area contributed by atoms with Crippen LogP contribution in [0.4, 0.5) is 0 Å². The van der Waals surface area contributed by atoms with Crippen molar-refractivity contribution in [2.45, 2.75) is 59.3 Å². The molecule has 4 heteroatoms.